The second-order valence-electron chi connectivity index (χ2n) is 4.95. The molecule has 0 aromatic rings. The molecular formula is C11H18F3N. The van der Waals surface area contributed by atoms with Gasteiger partial charge in [0.25, 0.3) is 0 Å². The Morgan fingerprint density at radius 2 is 1.73 bits per heavy atom. The summed E-state index contributed by atoms with van der Waals surface area (Å²) in [6, 6.07) is 0.300. The normalized spacial score (nSPS) is 38.0. The molecule has 2 saturated carbocycles. The number of nitrogens with one attached hydrogen (secondary N) is 1. The summed E-state index contributed by atoms with van der Waals surface area (Å²) in [4.78, 5) is 0. The van der Waals surface area contributed by atoms with Crippen molar-refractivity contribution in [3.8, 4) is 0 Å². The number of rotatable bonds is 2. The molecule has 3 unspecified atom stereocenters. The Balaban J connectivity index is 2.04. The highest BCUT2D eigenvalue weighted by Crippen LogP contribution is 2.51. The van der Waals surface area contributed by atoms with Gasteiger partial charge in [-0.2, -0.15) is 13.2 Å². The largest absolute Gasteiger partial charge is 0.392 e. The van der Waals surface area contributed by atoms with Crippen molar-refractivity contribution in [1.82, 2.24) is 5.32 Å². The zero-order valence-electron chi connectivity index (χ0n) is 8.98. The van der Waals surface area contributed by atoms with Crippen LogP contribution in [0.2, 0.25) is 0 Å². The fraction of sp³-hybridized carbons (Fsp3) is 1.00. The molecule has 2 aliphatic carbocycles. The van der Waals surface area contributed by atoms with Crippen molar-refractivity contribution in [3.05, 3.63) is 0 Å². The van der Waals surface area contributed by atoms with E-state index in [1.54, 1.807) is 0 Å². The SMILES string of the molecule is CNC1CCC(C(F)(F)F)C(C2CC2)C1. The zero-order chi connectivity index (χ0) is 11.1. The van der Waals surface area contributed by atoms with Gasteiger partial charge in [-0.05, 0) is 51.0 Å². The summed E-state index contributed by atoms with van der Waals surface area (Å²) in [5, 5.41) is 3.12. The second kappa shape index (κ2) is 3.96. The maximum Gasteiger partial charge on any atom is 0.392 e. The van der Waals surface area contributed by atoms with Gasteiger partial charge in [-0.15, -0.1) is 0 Å². The molecule has 0 aliphatic heterocycles. The lowest BCUT2D eigenvalue weighted by molar-refractivity contribution is -0.199. The van der Waals surface area contributed by atoms with Gasteiger partial charge in [-0.25, -0.2) is 0 Å². The lowest BCUT2D eigenvalue weighted by Crippen LogP contribution is -2.42. The molecule has 0 aromatic carbocycles. The summed E-state index contributed by atoms with van der Waals surface area (Å²) < 4.78 is 38.4. The van der Waals surface area contributed by atoms with Crippen LogP contribution < -0.4 is 5.32 Å². The molecular weight excluding hydrogens is 203 g/mol. The molecule has 0 saturated heterocycles. The number of halogens is 3. The van der Waals surface area contributed by atoms with E-state index in [4.69, 9.17) is 0 Å². The maximum atomic E-state index is 12.8. The van der Waals surface area contributed by atoms with Crippen LogP contribution in [0.15, 0.2) is 0 Å². The molecule has 4 heteroatoms. The van der Waals surface area contributed by atoms with Gasteiger partial charge in [0.2, 0.25) is 0 Å². The average molecular weight is 221 g/mol. The van der Waals surface area contributed by atoms with Crippen molar-refractivity contribution in [3.63, 3.8) is 0 Å². The molecule has 0 bridgehead atoms. The van der Waals surface area contributed by atoms with Crippen LogP contribution in [0.5, 0.6) is 0 Å². The van der Waals surface area contributed by atoms with Crippen molar-refractivity contribution < 1.29 is 13.2 Å². The molecule has 3 atom stereocenters. The zero-order valence-corrected chi connectivity index (χ0v) is 8.98. The Morgan fingerprint density at radius 1 is 1.07 bits per heavy atom. The molecule has 1 N–H and O–H groups in total. The van der Waals surface area contributed by atoms with Crippen LogP contribution in [0.4, 0.5) is 13.2 Å². The first-order valence-corrected chi connectivity index (χ1v) is 5.76. The van der Waals surface area contributed by atoms with Crippen LogP contribution in [0.3, 0.4) is 0 Å². The van der Waals surface area contributed by atoms with Gasteiger partial charge in [0.05, 0.1) is 5.92 Å². The summed E-state index contributed by atoms with van der Waals surface area (Å²) in [6.45, 7) is 0. The van der Waals surface area contributed by atoms with Crippen LogP contribution >= 0.6 is 0 Å². The summed E-state index contributed by atoms with van der Waals surface area (Å²) in [6.07, 6.45) is -0.265. The molecule has 0 spiro atoms. The van der Waals surface area contributed by atoms with Crippen LogP contribution in [-0.4, -0.2) is 19.3 Å². The standard InChI is InChI=1S/C11H18F3N/c1-15-8-4-5-10(11(12,13)14)9(6-8)7-2-3-7/h7-10,15H,2-6H2,1H3. The summed E-state index contributed by atoms with van der Waals surface area (Å²) >= 11 is 0. The summed E-state index contributed by atoms with van der Waals surface area (Å²) in [5.74, 6) is -0.793. The summed E-state index contributed by atoms with van der Waals surface area (Å²) in [5.41, 5.74) is 0. The molecule has 2 rings (SSSR count). The molecule has 2 fully saturated rings. The quantitative estimate of drug-likeness (QED) is 0.756. The molecule has 0 heterocycles. The highest BCUT2D eigenvalue weighted by Gasteiger charge is 2.51. The van der Waals surface area contributed by atoms with Gasteiger partial charge in [-0.1, -0.05) is 0 Å². The lowest BCUT2D eigenvalue weighted by Gasteiger charge is -2.37. The third kappa shape index (κ3) is 2.47. The Labute approximate surface area is 88.4 Å². The van der Waals surface area contributed by atoms with Gasteiger partial charge in [0.15, 0.2) is 0 Å². The van der Waals surface area contributed by atoms with Gasteiger partial charge < -0.3 is 5.32 Å². The molecule has 88 valence electrons. The van der Waals surface area contributed by atoms with E-state index < -0.39 is 12.1 Å². The first kappa shape index (κ1) is 11.2. The minimum atomic E-state index is -3.98. The van der Waals surface area contributed by atoms with Gasteiger partial charge in [-0.3, -0.25) is 0 Å². The predicted molar refractivity (Wildman–Crippen MR) is 52.5 cm³/mol. The molecule has 0 radical (unpaired) electrons. The Morgan fingerprint density at radius 3 is 2.20 bits per heavy atom. The van der Waals surface area contributed by atoms with E-state index in [1.807, 2.05) is 7.05 Å². The third-order valence-corrected chi connectivity index (χ3v) is 3.96. The van der Waals surface area contributed by atoms with Crippen molar-refractivity contribution in [2.75, 3.05) is 7.05 Å². The van der Waals surface area contributed by atoms with E-state index >= 15 is 0 Å². The lowest BCUT2D eigenvalue weighted by atomic mass is 9.74. The molecule has 0 amide bonds. The fourth-order valence-electron chi connectivity index (χ4n) is 2.92. The third-order valence-electron chi connectivity index (χ3n) is 3.96. The highest BCUT2D eigenvalue weighted by atomic mass is 19.4. The number of alkyl halides is 3. The monoisotopic (exact) mass is 221 g/mol. The van der Waals surface area contributed by atoms with E-state index in [1.165, 1.54) is 0 Å². The van der Waals surface area contributed by atoms with Gasteiger partial charge in [0.1, 0.15) is 0 Å². The molecule has 0 aromatic heterocycles. The predicted octanol–water partition coefficient (Wildman–Crippen LogP) is 2.96. The van der Waals surface area contributed by atoms with E-state index in [-0.39, 0.29) is 5.92 Å². The van der Waals surface area contributed by atoms with Crippen molar-refractivity contribution >= 4 is 0 Å². The van der Waals surface area contributed by atoms with Crippen LogP contribution in [-0.2, 0) is 0 Å². The Hall–Kier alpha value is -0.250. The molecule has 15 heavy (non-hydrogen) atoms. The smallest absolute Gasteiger partial charge is 0.317 e. The van der Waals surface area contributed by atoms with Gasteiger partial charge >= 0.3 is 6.18 Å². The van der Waals surface area contributed by atoms with Gasteiger partial charge in [0, 0.05) is 6.04 Å². The number of hydrogen-bond acceptors (Lipinski definition) is 1. The first-order chi connectivity index (χ1) is 7.02. The van der Waals surface area contributed by atoms with E-state index in [2.05, 4.69) is 5.32 Å². The van der Waals surface area contributed by atoms with Crippen molar-refractivity contribution in [2.45, 2.75) is 44.3 Å². The van der Waals surface area contributed by atoms with Crippen LogP contribution in [0.1, 0.15) is 32.1 Å². The minimum absolute atomic E-state index is 0.115. The Bertz CT molecular complexity index is 222. The summed E-state index contributed by atoms with van der Waals surface area (Å²) in [7, 11) is 1.85. The maximum absolute atomic E-state index is 12.8. The van der Waals surface area contributed by atoms with Crippen LogP contribution in [0, 0.1) is 17.8 Å². The highest BCUT2D eigenvalue weighted by molar-refractivity contribution is 4.94. The average Bonchev–Trinajstić information content (AvgIpc) is 2.98. The van der Waals surface area contributed by atoms with Crippen LogP contribution in [0.25, 0.3) is 0 Å². The van der Waals surface area contributed by atoms with E-state index in [9.17, 15) is 13.2 Å². The first-order valence-electron chi connectivity index (χ1n) is 5.76. The minimum Gasteiger partial charge on any atom is -0.317 e. The topological polar surface area (TPSA) is 12.0 Å². The van der Waals surface area contributed by atoms with E-state index in [0.29, 0.717) is 31.2 Å². The second-order valence-corrected chi connectivity index (χ2v) is 4.95. The van der Waals surface area contributed by atoms with E-state index in [0.717, 1.165) is 12.8 Å². The Kier molecular flexibility index (Phi) is 2.97. The number of hydrogen-bond donors (Lipinski definition) is 1. The fourth-order valence-corrected chi connectivity index (χ4v) is 2.92. The van der Waals surface area contributed by atoms with Crippen molar-refractivity contribution in [2.24, 2.45) is 17.8 Å². The van der Waals surface area contributed by atoms with Crippen molar-refractivity contribution in [1.29, 1.82) is 0 Å². The molecule has 2 aliphatic rings. The molecule has 1 nitrogen and oxygen atoms in total.